The van der Waals surface area contributed by atoms with E-state index >= 15 is 0 Å². The maximum Gasteiger partial charge on any atom is 0.303 e. The van der Waals surface area contributed by atoms with Gasteiger partial charge in [0.15, 0.2) is 0 Å². The number of carbonyl (C=O) groups is 2. The highest BCUT2D eigenvalue weighted by Gasteiger charge is 2.23. The number of halogens is 1. The number of nitrogens with zero attached hydrogens (tertiary/aromatic N) is 2. The van der Waals surface area contributed by atoms with E-state index in [-0.39, 0.29) is 12.8 Å². The molecule has 5 rings (SSSR count). The van der Waals surface area contributed by atoms with E-state index in [0.29, 0.717) is 46.2 Å². The third-order valence-corrected chi connectivity index (χ3v) is 8.67. The van der Waals surface area contributed by atoms with Crippen LogP contribution < -0.4 is 0 Å². The smallest absolute Gasteiger partial charge is 0.303 e. The number of nitrogens with one attached hydrogen (secondary N) is 2. The maximum absolute atomic E-state index is 11.5. The molecule has 43 heavy (non-hydrogen) atoms. The van der Waals surface area contributed by atoms with Crippen molar-refractivity contribution in [1.29, 1.82) is 0 Å². The van der Waals surface area contributed by atoms with E-state index < -0.39 is 11.9 Å². The molecule has 0 saturated heterocycles. The minimum Gasteiger partial charge on any atom is -0.481 e. The molecule has 220 valence electrons. The predicted octanol–water partition coefficient (Wildman–Crippen LogP) is 8.16. The monoisotopic (exact) mass is 596 g/mol. The number of carboxylic acid groups (broad SMARTS) is 2. The van der Waals surface area contributed by atoms with Crippen molar-refractivity contribution in [2.45, 2.75) is 53.4 Å². The number of aromatic amines is 2. The van der Waals surface area contributed by atoms with Gasteiger partial charge in [-0.05, 0) is 92.1 Å². The fourth-order valence-corrected chi connectivity index (χ4v) is 6.16. The van der Waals surface area contributed by atoms with E-state index in [2.05, 4.69) is 23.1 Å². The van der Waals surface area contributed by atoms with Crippen molar-refractivity contribution in [2.24, 2.45) is 0 Å². The van der Waals surface area contributed by atoms with E-state index in [9.17, 15) is 19.8 Å². The van der Waals surface area contributed by atoms with Crippen molar-refractivity contribution in [3.8, 4) is 0 Å². The Balaban J connectivity index is 1.98. The van der Waals surface area contributed by atoms with Crippen molar-refractivity contribution >= 4 is 74.0 Å². The van der Waals surface area contributed by atoms with Crippen LogP contribution in [-0.4, -0.2) is 42.1 Å². The van der Waals surface area contributed by atoms with Crippen LogP contribution in [0.2, 0.25) is 5.02 Å². The number of fused-ring (bicyclic) bond motifs is 8. The Morgan fingerprint density at radius 3 is 2.14 bits per heavy atom. The molecule has 2 aliphatic heterocycles. The SMILES string of the molecule is C=CC1=C(C)c2cc3nc(cc4[nH]c(cc5[nH]c(c(C)c5C=C)c(Cl)c1n2)c(C)c4CCC(=O)O)C(CCC(=O)O)=C3C. The molecule has 0 radical (unpaired) electrons. The van der Waals surface area contributed by atoms with Crippen molar-refractivity contribution < 1.29 is 19.8 Å². The standard InChI is InChI=1S/C34H33ClN4O4/c1-7-20-19(6)33-32(35)34-21(8-2)16(3)26(38-34)13-24-17(4)22(9-11-30(40)41)28(36-24)15-29-23(10-12-31(42)43)18(5)25(37-29)14-27(20)39-33/h7-8,13-15,37,39H,1-2,9-12H2,3-6H3,(H,40,41)(H,42,43). The summed E-state index contributed by atoms with van der Waals surface area (Å²) < 4.78 is 0. The molecule has 2 aliphatic rings. The predicted molar refractivity (Wildman–Crippen MR) is 174 cm³/mol. The largest absolute Gasteiger partial charge is 0.481 e. The normalized spacial score (nSPS) is 13.0. The van der Waals surface area contributed by atoms with Crippen LogP contribution in [0, 0.1) is 13.8 Å². The molecule has 0 fully saturated rings. The third kappa shape index (κ3) is 5.34. The maximum atomic E-state index is 11.5. The number of aromatic nitrogens is 4. The van der Waals surface area contributed by atoms with Gasteiger partial charge >= 0.3 is 11.9 Å². The van der Waals surface area contributed by atoms with Gasteiger partial charge in [0.25, 0.3) is 0 Å². The van der Waals surface area contributed by atoms with Gasteiger partial charge in [-0.1, -0.05) is 36.9 Å². The van der Waals surface area contributed by atoms with Crippen LogP contribution in [0.25, 0.3) is 50.4 Å². The summed E-state index contributed by atoms with van der Waals surface area (Å²) in [7, 11) is 0. The summed E-state index contributed by atoms with van der Waals surface area (Å²) >= 11 is 7.07. The molecule has 0 aromatic carbocycles. The quantitative estimate of drug-likeness (QED) is 0.207. The Morgan fingerprint density at radius 2 is 1.49 bits per heavy atom. The van der Waals surface area contributed by atoms with Gasteiger partial charge in [-0.2, -0.15) is 0 Å². The Hall–Kier alpha value is -4.69. The van der Waals surface area contributed by atoms with Crippen LogP contribution in [0.1, 0.15) is 78.1 Å². The lowest BCUT2D eigenvalue weighted by Gasteiger charge is -2.03. The molecule has 8 nitrogen and oxygen atoms in total. The first-order valence-corrected chi connectivity index (χ1v) is 14.4. The number of rotatable bonds is 8. The Morgan fingerprint density at radius 1 is 0.814 bits per heavy atom. The van der Waals surface area contributed by atoms with Crippen molar-refractivity contribution in [2.75, 3.05) is 0 Å². The Labute approximate surface area is 254 Å². The number of allylic oxidation sites excluding steroid dienone is 5. The number of aryl methyl sites for hydroxylation is 3. The number of carboxylic acids is 2. The topological polar surface area (TPSA) is 132 Å². The van der Waals surface area contributed by atoms with Crippen molar-refractivity contribution in [3.63, 3.8) is 0 Å². The molecule has 0 saturated carbocycles. The number of H-pyrrole nitrogens is 2. The lowest BCUT2D eigenvalue weighted by molar-refractivity contribution is -0.137. The molecule has 0 spiro atoms. The Kier molecular flexibility index (Phi) is 7.99. The molecule has 0 atom stereocenters. The van der Waals surface area contributed by atoms with Crippen LogP contribution in [0.3, 0.4) is 0 Å². The zero-order chi connectivity index (χ0) is 31.2. The summed E-state index contributed by atoms with van der Waals surface area (Å²) in [5.74, 6) is -1.79. The second kappa shape index (κ2) is 11.5. The molecule has 3 aromatic heterocycles. The number of hydrogen-bond donors (Lipinski definition) is 4. The van der Waals surface area contributed by atoms with E-state index in [4.69, 9.17) is 21.6 Å². The minimum atomic E-state index is -0.900. The highest BCUT2D eigenvalue weighted by Crippen LogP contribution is 2.39. The van der Waals surface area contributed by atoms with Gasteiger partial charge in [-0.15, -0.1) is 0 Å². The molecule has 5 heterocycles. The zero-order valence-corrected chi connectivity index (χ0v) is 25.4. The summed E-state index contributed by atoms with van der Waals surface area (Å²) in [5, 5.41) is 19.4. The molecule has 8 bridgehead atoms. The number of aliphatic carboxylic acids is 2. The second-order valence-electron chi connectivity index (χ2n) is 10.8. The van der Waals surface area contributed by atoms with Gasteiger partial charge in [0.1, 0.15) is 0 Å². The lowest BCUT2D eigenvalue weighted by Crippen LogP contribution is -1.98. The molecular weight excluding hydrogens is 564 g/mol. The molecule has 0 amide bonds. The average molecular weight is 597 g/mol. The van der Waals surface area contributed by atoms with Crippen LogP contribution in [0.5, 0.6) is 0 Å². The Bertz CT molecular complexity index is 1970. The van der Waals surface area contributed by atoms with Gasteiger partial charge in [-0.25, -0.2) is 9.97 Å². The van der Waals surface area contributed by atoms with Gasteiger partial charge < -0.3 is 20.2 Å². The van der Waals surface area contributed by atoms with E-state index in [1.807, 2.05) is 45.9 Å². The molecule has 4 N–H and O–H groups in total. The van der Waals surface area contributed by atoms with E-state index in [0.717, 1.165) is 61.1 Å². The fourth-order valence-electron chi connectivity index (χ4n) is 5.83. The molecule has 0 unspecified atom stereocenters. The summed E-state index contributed by atoms with van der Waals surface area (Å²) in [6.07, 6.45) is 4.04. The first kappa shape index (κ1) is 29.8. The highest BCUT2D eigenvalue weighted by molar-refractivity contribution is 6.36. The van der Waals surface area contributed by atoms with Gasteiger partial charge in [0.2, 0.25) is 0 Å². The van der Waals surface area contributed by atoms with Crippen molar-refractivity contribution in [1.82, 2.24) is 19.9 Å². The first-order valence-electron chi connectivity index (χ1n) is 14.0. The molecule has 9 heteroatoms. The van der Waals surface area contributed by atoms with Gasteiger partial charge in [-0.3, -0.25) is 9.59 Å². The second-order valence-corrected chi connectivity index (χ2v) is 11.2. The van der Waals surface area contributed by atoms with Gasteiger partial charge in [0, 0.05) is 40.5 Å². The van der Waals surface area contributed by atoms with Crippen molar-refractivity contribution in [3.05, 3.63) is 87.5 Å². The summed E-state index contributed by atoms with van der Waals surface area (Å²) in [6, 6.07) is 5.76. The summed E-state index contributed by atoms with van der Waals surface area (Å²) in [4.78, 5) is 39.9. The van der Waals surface area contributed by atoms with Crippen LogP contribution >= 0.6 is 11.6 Å². The van der Waals surface area contributed by atoms with Crippen LogP contribution in [0.4, 0.5) is 0 Å². The molecule has 3 aromatic rings. The van der Waals surface area contributed by atoms with Gasteiger partial charge in [0.05, 0.1) is 33.3 Å². The average Bonchev–Trinajstić information content (AvgIpc) is 3.63. The van der Waals surface area contributed by atoms with Crippen LogP contribution in [0.15, 0.2) is 37.4 Å². The van der Waals surface area contributed by atoms with Crippen LogP contribution in [-0.2, 0) is 16.0 Å². The highest BCUT2D eigenvalue weighted by atomic mass is 35.5. The summed E-state index contributed by atoms with van der Waals surface area (Å²) in [5.41, 5.74) is 12.6. The summed E-state index contributed by atoms with van der Waals surface area (Å²) in [6.45, 7) is 15.9. The molecular formula is C34H33ClN4O4. The fraction of sp³-hybridized carbons (Fsp3) is 0.235. The third-order valence-electron chi connectivity index (χ3n) is 8.30. The van der Waals surface area contributed by atoms with E-state index in [1.165, 1.54) is 0 Å². The molecule has 0 aliphatic carbocycles. The lowest BCUT2D eigenvalue weighted by atomic mass is 10.00. The van der Waals surface area contributed by atoms with E-state index in [1.54, 1.807) is 12.2 Å². The minimum absolute atomic E-state index is 0.0404. The first-order chi connectivity index (χ1) is 20.4. The number of hydrogen-bond acceptors (Lipinski definition) is 4. The zero-order valence-electron chi connectivity index (χ0n) is 24.6.